The van der Waals surface area contributed by atoms with Crippen LogP contribution in [0.25, 0.3) is 0 Å². The smallest absolute Gasteiger partial charge is 0.243 e. The molecule has 3 heterocycles. The van der Waals surface area contributed by atoms with Crippen LogP contribution in [-0.2, 0) is 26.0 Å². The van der Waals surface area contributed by atoms with Gasteiger partial charge in [0.1, 0.15) is 0 Å². The van der Waals surface area contributed by atoms with Crippen molar-refractivity contribution >= 4 is 27.3 Å². The number of ether oxygens (including phenoxy) is 1. The van der Waals surface area contributed by atoms with E-state index in [9.17, 15) is 13.2 Å². The zero-order valence-corrected chi connectivity index (χ0v) is 17.3. The summed E-state index contributed by atoms with van der Waals surface area (Å²) in [6, 6.07) is 8.37. The largest absolute Gasteiger partial charge is 0.380 e. The molecule has 1 aromatic heterocycles. The fraction of sp³-hybridized carbons (Fsp3) is 0.474. The van der Waals surface area contributed by atoms with Crippen LogP contribution in [0.3, 0.4) is 0 Å². The van der Waals surface area contributed by atoms with Crippen molar-refractivity contribution < 1.29 is 17.9 Å². The highest BCUT2D eigenvalue weighted by molar-refractivity contribution is 7.89. The first-order chi connectivity index (χ1) is 13.4. The second kappa shape index (κ2) is 7.55. The van der Waals surface area contributed by atoms with E-state index in [1.54, 1.807) is 47.2 Å². The molecule has 4 rings (SSSR count). The minimum atomic E-state index is -3.62. The molecule has 2 aliphatic rings. The van der Waals surface area contributed by atoms with E-state index in [0.29, 0.717) is 19.7 Å². The quantitative estimate of drug-likeness (QED) is 0.763. The molecule has 1 amide bonds. The van der Waals surface area contributed by atoms with Gasteiger partial charge in [0.15, 0.2) is 0 Å². The first-order valence-corrected chi connectivity index (χ1v) is 11.6. The van der Waals surface area contributed by atoms with Gasteiger partial charge < -0.3 is 10.1 Å². The van der Waals surface area contributed by atoms with Gasteiger partial charge >= 0.3 is 0 Å². The normalized spacial score (nSPS) is 25.0. The molecule has 7 nitrogen and oxygen atoms in total. The van der Waals surface area contributed by atoms with Crippen LogP contribution in [0, 0.1) is 18.3 Å². The third kappa shape index (κ3) is 3.36. The molecule has 0 radical (unpaired) electrons. The third-order valence-corrected chi connectivity index (χ3v) is 8.48. The molecule has 0 saturated carbocycles. The van der Waals surface area contributed by atoms with E-state index in [0.717, 1.165) is 17.0 Å². The first-order valence-electron chi connectivity index (χ1n) is 9.24. The van der Waals surface area contributed by atoms with Gasteiger partial charge in [0.25, 0.3) is 0 Å². The molecule has 0 aliphatic carbocycles. The van der Waals surface area contributed by atoms with Crippen LogP contribution < -0.4 is 5.32 Å². The Morgan fingerprint density at radius 2 is 2.18 bits per heavy atom. The van der Waals surface area contributed by atoms with Gasteiger partial charge in [-0.05, 0) is 19.1 Å². The summed E-state index contributed by atoms with van der Waals surface area (Å²) in [6.07, 6.45) is 0.718. The van der Waals surface area contributed by atoms with Crippen LogP contribution >= 0.6 is 11.3 Å². The van der Waals surface area contributed by atoms with Gasteiger partial charge in [-0.2, -0.15) is 4.31 Å². The number of nitrogens with one attached hydrogen (secondary N) is 1. The zero-order chi connectivity index (χ0) is 19.8. The molecular weight excluding hydrogens is 398 g/mol. The Bertz CT molecular complexity index is 961. The Labute approximate surface area is 168 Å². The van der Waals surface area contributed by atoms with E-state index in [4.69, 9.17) is 4.74 Å². The minimum absolute atomic E-state index is 0.122. The number of fused-ring (bicyclic) bond motifs is 1. The highest BCUT2D eigenvalue weighted by Gasteiger charge is 2.58. The van der Waals surface area contributed by atoms with Crippen molar-refractivity contribution in [3.63, 3.8) is 0 Å². The van der Waals surface area contributed by atoms with Gasteiger partial charge in [-0.3, -0.25) is 4.79 Å². The monoisotopic (exact) mass is 421 g/mol. The van der Waals surface area contributed by atoms with Crippen molar-refractivity contribution in [2.75, 3.05) is 32.8 Å². The SMILES string of the molecule is Cc1ncsc1CCNC(=O)[C@]12COC[C@H]1CN(S(=O)(=O)c1ccccc1)C2. The summed E-state index contributed by atoms with van der Waals surface area (Å²) in [4.78, 5) is 18.7. The second-order valence-electron chi connectivity index (χ2n) is 7.35. The van der Waals surface area contributed by atoms with Crippen molar-refractivity contribution in [3.8, 4) is 0 Å². The van der Waals surface area contributed by atoms with Gasteiger partial charge in [-0.1, -0.05) is 18.2 Å². The molecule has 2 saturated heterocycles. The van der Waals surface area contributed by atoms with Crippen LogP contribution in [0.2, 0.25) is 0 Å². The summed E-state index contributed by atoms with van der Waals surface area (Å²) in [5.41, 5.74) is 1.97. The molecule has 28 heavy (non-hydrogen) atoms. The van der Waals surface area contributed by atoms with Crippen molar-refractivity contribution in [1.82, 2.24) is 14.6 Å². The lowest BCUT2D eigenvalue weighted by Gasteiger charge is -2.26. The van der Waals surface area contributed by atoms with Crippen LogP contribution in [0.5, 0.6) is 0 Å². The average molecular weight is 422 g/mol. The highest BCUT2D eigenvalue weighted by atomic mass is 32.2. The maximum Gasteiger partial charge on any atom is 0.243 e. The number of amides is 1. The molecule has 0 unspecified atom stereocenters. The molecule has 2 atom stereocenters. The summed E-state index contributed by atoms with van der Waals surface area (Å²) in [7, 11) is -3.62. The Kier molecular flexibility index (Phi) is 5.26. The van der Waals surface area contributed by atoms with Crippen molar-refractivity contribution in [2.45, 2.75) is 18.2 Å². The fourth-order valence-corrected chi connectivity index (χ4v) is 6.32. The Balaban J connectivity index is 1.47. The zero-order valence-electron chi connectivity index (χ0n) is 15.6. The molecule has 1 N–H and O–H groups in total. The number of nitrogens with zero attached hydrogens (tertiary/aromatic N) is 2. The van der Waals surface area contributed by atoms with Crippen molar-refractivity contribution in [1.29, 1.82) is 0 Å². The number of carbonyl (C=O) groups is 1. The summed E-state index contributed by atoms with van der Waals surface area (Å²) >= 11 is 1.58. The van der Waals surface area contributed by atoms with E-state index in [1.807, 2.05) is 6.92 Å². The number of hydrogen-bond acceptors (Lipinski definition) is 6. The molecule has 0 spiro atoms. The molecule has 9 heteroatoms. The summed E-state index contributed by atoms with van der Waals surface area (Å²) in [6.45, 7) is 3.57. The van der Waals surface area contributed by atoms with E-state index < -0.39 is 15.4 Å². The van der Waals surface area contributed by atoms with Crippen molar-refractivity contribution in [2.24, 2.45) is 11.3 Å². The lowest BCUT2D eigenvalue weighted by atomic mass is 9.80. The van der Waals surface area contributed by atoms with Crippen LogP contribution in [0.15, 0.2) is 40.7 Å². The second-order valence-corrected chi connectivity index (χ2v) is 10.2. The molecule has 2 aromatic rings. The van der Waals surface area contributed by atoms with E-state index in [2.05, 4.69) is 10.3 Å². The van der Waals surface area contributed by atoms with Crippen LogP contribution in [0.4, 0.5) is 0 Å². The number of aryl methyl sites for hydroxylation is 1. The lowest BCUT2D eigenvalue weighted by molar-refractivity contribution is -0.131. The molecule has 0 bridgehead atoms. The minimum Gasteiger partial charge on any atom is -0.380 e. The van der Waals surface area contributed by atoms with E-state index in [1.165, 1.54) is 4.31 Å². The highest BCUT2D eigenvalue weighted by Crippen LogP contribution is 2.43. The predicted octanol–water partition coefficient (Wildman–Crippen LogP) is 1.45. The number of hydrogen-bond donors (Lipinski definition) is 1. The number of rotatable bonds is 6. The summed E-state index contributed by atoms with van der Waals surface area (Å²) in [5, 5.41) is 3.00. The Morgan fingerprint density at radius 1 is 1.39 bits per heavy atom. The Morgan fingerprint density at radius 3 is 2.89 bits per heavy atom. The van der Waals surface area contributed by atoms with Gasteiger partial charge in [0.2, 0.25) is 15.9 Å². The molecule has 1 aromatic carbocycles. The molecule has 2 fully saturated rings. The van der Waals surface area contributed by atoms with Crippen LogP contribution in [-0.4, -0.2) is 56.5 Å². The topological polar surface area (TPSA) is 88.6 Å². The van der Waals surface area contributed by atoms with Crippen LogP contribution in [0.1, 0.15) is 10.6 Å². The molecule has 150 valence electrons. The first kappa shape index (κ1) is 19.5. The maximum atomic E-state index is 13.0. The van der Waals surface area contributed by atoms with Crippen molar-refractivity contribution in [3.05, 3.63) is 46.4 Å². The van der Waals surface area contributed by atoms with E-state index >= 15 is 0 Å². The average Bonchev–Trinajstić information content (AvgIpc) is 3.37. The molecule has 2 aliphatic heterocycles. The fourth-order valence-electron chi connectivity index (χ4n) is 3.97. The van der Waals surface area contributed by atoms with E-state index in [-0.39, 0.29) is 29.9 Å². The Hall–Kier alpha value is -1.81. The number of benzene rings is 1. The molecular formula is C19H23N3O4S2. The maximum absolute atomic E-state index is 13.0. The lowest BCUT2D eigenvalue weighted by Crippen LogP contribution is -2.47. The van der Waals surface area contributed by atoms with Gasteiger partial charge in [-0.15, -0.1) is 11.3 Å². The van der Waals surface area contributed by atoms with Gasteiger partial charge in [-0.25, -0.2) is 13.4 Å². The third-order valence-electron chi connectivity index (χ3n) is 5.66. The number of sulfonamides is 1. The van der Waals surface area contributed by atoms with Gasteiger partial charge in [0.05, 0.1) is 34.7 Å². The van der Waals surface area contributed by atoms with Gasteiger partial charge in [0, 0.05) is 36.9 Å². The summed E-state index contributed by atoms with van der Waals surface area (Å²) < 4.78 is 33.0. The number of thiazole rings is 1. The standard InChI is InChI=1S/C19H23N3O4S2/c1-14-17(27-13-21-14)7-8-20-18(23)19-11-22(9-15(19)10-26-12-19)28(24,25)16-5-3-2-4-6-16/h2-6,13,15H,7-12H2,1H3,(H,20,23)/t15-,19-/m1/s1. The number of carbonyl (C=O) groups excluding carboxylic acids is 1. The predicted molar refractivity (Wildman–Crippen MR) is 106 cm³/mol. The number of aromatic nitrogens is 1. The summed E-state index contributed by atoms with van der Waals surface area (Å²) in [5.74, 6) is -0.251.